The lowest BCUT2D eigenvalue weighted by Crippen LogP contribution is -2.24. The predicted octanol–water partition coefficient (Wildman–Crippen LogP) is 4.45. The van der Waals surface area contributed by atoms with Gasteiger partial charge in [-0.15, -0.1) is 0 Å². The van der Waals surface area contributed by atoms with Crippen LogP contribution in [0.3, 0.4) is 0 Å². The molecule has 4 nitrogen and oxygen atoms in total. The molecule has 2 aromatic rings. The Morgan fingerprint density at radius 3 is 2.64 bits per heavy atom. The first-order valence-corrected chi connectivity index (χ1v) is 9.26. The van der Waals surface area contributed by atoms with Crippen LogP contribution in [-0.4, -0.2) is 16.9 Å². The lowest BCUT2D eigenvalue weighted by atomic mass is 10.1. The quantitative estimate of drug-likeness (QED) is 0.792. The van der Waals surface area contributed by atoms with Crippen molar-refractivity contribution in [3.8, 4) is 0 Å². The molecule has 0 aliphatic heterocycles. The molecule has 1 aromatic heterocycles. The van der Waals surface area contributed by atoms with E-state index in [2.05, 4.69) is 28.6 Å². The first-order chi connectivity index (χ1) is 12.2. The second-order valence-corrected chi connectivity index (χ2v) is 6.90. The highest BCUT2D eigenvalue weighted by Gasteiger charge is 2.13. The number of aromatic nitrogens is 1. The molecule has 132 valence electrons. The van der Waals surface area contributed by atoms with E-state index < -0.39 is 0 Å². The van der Waals surface area contributed by atoms with Gasteiger partial charge in [0.05, 0.1) is 11.3 Å². The predicted molar refractivity (Wildman–Crippen MR) is 102 cm³/mol. The summed E-state index contributed by atoms with van der Waals surface area (Å²) in [6.07, 6.45) is 11.1. The Morgan fingerprint density at radius 1 is 1.12 bits per heavy atom. The summed E-state index contributed by atoms with van der Waals surface area (Å²) in [5.41, 5.74) is 3.86. The lowest BCUT2D eigenvalue weighted by Gasteiger charge is -2.17. The zero-order valence-electron chi connectivity index (χ0n) is 14.9. The van der Waals surface area contributed by atoms with Crippen molar-refractivity contribution >= 4 is 11.6 Å². The molecule has 1 saturated carbocycles. The molecular weight excluding hydrogens is 310 g/mol. The maximum Gasteiger partial charge on any atom is 0.253 e. The second kappa shape index (κ2) is 8.65. The van der Waals surface area contributed by atoms with Crippen LogP contribution in [0.4, 0.5) is 5.69 Å². The summed E-state index contributed by atoms with van der Waals surface area (Å²) in [6.45, 7) is 2.59. The molecule has 2 N–H and O–H groups in total. The normalized spacial score (nSPS) is 15.4. The average molecular weight is 337 g/mol. The number of rotatable bonds is 5. The number of aryl methyl sites for hydroxylation is 1. The summed E-state index contributed by atoms with van der Waals surface area (Å²) in [5.74, 6) is -0.0831. The van der Waals surface area contributed by atoms with E-state index in [0.717, 1.165) is 11.3 Å². The Balaban J connectivity index is 1.60. The van der Waals surface area contributed by atoms with E-state index in [0.29, 0.717) is 18.2 Å². The first-order valence-electron chi connectivity index (χ1n) is 9.26. The number of nitrogens with zero attached hydrogens (tertiary/aromatic N) is 1. The molecule has 1 fully saturated rings. The first kappa shape index (κ1) is 17.5. The number of nitrogens with one attached hydrogen (secondary N) is 2. The molecule has 3 rings (SSSR count). The van der Waals surface area contributed by atoms with Crippen molar-refractivity contribution in [2.24, 2.45) is 0 Å². The van der Waals surface area contributed by atoms with Crippen LogP contribution in [0.25, 0.3) is 0 Å². The molecule has 25 heavy (non-hydrogen) atoms. The topological polar surface area (TPSA) is 54.0 Å². The van der Waals surface area contributed by atoms with Crippen LogP contribution in [-0.2, 0) is 6.54 Å². The van der Waals surface area contributed by atoms with Gasteiger partial charge in [0, 0.05) is 25.0 Å². The maximum absolute atomic E-state index is 12.4. The number of amides is 1. The summed E-state index contributed by atoms with van der Waals surface area (Å²) in [4.78, 5) is 16.7. The summed E-state index contributed by atoms with van der Waals surface area (Å²) in [6, 6.07) is 10.5. The Kier molecular flexibility index (Phi) is 6.04. The van der Waals surface area contributed by atoms with E-state index in [1.165, 1.54) is 44.1 Å². The molecule has 0 bridgehead atoms. The van der Waals surface area contributed by atoms with Gasteiger partial charge in [0.25, 0.3) is 5.91 Å². The SMILES string of the molecule is Cc1ccccc1CNC(=O)c1cncc(NC2CCCCCC2)c1. The third kappa shape index (κ3) is 5.05. The van der Waals surface area contributed by atoms with Gasteiger partial charge in [-0.3, -0.25) is 9.78 Å². The van der Waals surface area contributed by atoms with Crippen molar-refractivity contribution in [2.45, 2.75) is 58.0 Å². The van der Waals surface area contributed by atoms with Gasteiger partial charge in [0.1, 0.15) is 0 Å². The van der Waals surface area contributed by atoms with Crippen molar-refractivity contribution in [2.75, 3.05) is 5.32 Å². The zero-order chi connectivity index (χ0) is 17.5. The highest BCUT2D eigenvalue weighted by Crippen LogP contribution is 2.21. The van der Waals surface area contributed by atoms with E-state index in [9.17, 15) is 4.79 Å². The molecule has 0 atom stereocenters. The third-order valence-corrected chi connectivity index (χ3v) is 4.93. The van der Waals surface area contributed by atoms with Gasteiger partial charge >= 0.3 is 0 Å². The van der Waals surface area contributed by atoms with Crippen molar-refractivity contribution in [1.82, 2.24) is 10.3 Å². The van der Waals surface area contributed by atoms with Gasteiger partial charge in [0.15, 0.2) is 0 Å². The minimum Gasteiger partial charge on any atom is -0.381 e. The molecule has 0 unspecified atom stereocenters. The van der Waals surface area contributed by atoms with E-state index >= 15 is 0 Å². The molecule has 0 saturated heterocycles. The smallest absolute Gasteiger partial charge is 0.253 e. The maximum atomic E-state index is 12.4. The molecular formula is C21H27N3O. The van der Waals surface area contributed by atoms with Crippen molar-refractivity contribution < 1.29 is 4.79 Å². The molecule has 1 amide bonds. The highest BCUT2D eigenvalue weighted by molar-refractivity contribution is 5.94. The minimum atomic E-state index is -0.0831. The van der Waals surface area contributed by atoms with Gasteiger partial charge in [-0.2, -0.15) is 0 Å². The number of carbonyl (C=O) groups excluding carboxylic acids is 1. The van der Waals surface area contributed by atoms with Crippen LogP contribution in [0.15, 0.2) is 42.7 Å². The summed E-state index contributed by atoms with van der Waals surface area (Å²) in [7, 11) is 0. The Labute approximate surface area is 150 Å². The highest BCUT2D eigenvalue weighted by atomic mass is 16.1. The fourth-order valence-corrected chi connectivity index (χ4v) is 3.39. The minimum absolute atomic E-state index is 0.0831. The van der Waals surface area contributed by atoms with Crippen LogP contribution in [0.2, 0.25) is 0 Å². The van der Waals surface area contributed by atoms with Gasteiger partial charge in [-0.25, -0.2) is 0 Å². The number of anilines is 1. The number of pyridine rings is 1. The van der Waals surface area contributed by atoms with E-state index in [-0.39, 0.29) is 5.91 Å². The largest absolute Gasteiger partial charge is 0.381 e. The molecule has 1 aromatic carbocycles. The zero-order valence-corrected chi connectivity index (χ0v) is 14.9. The molecule has 0 radical (unpaired) electrons. The Bertz CT molecular complexity index is 706. The van der Waals surface area contributed by atoms with Crippen LogP contribution in [0.5, 0.6) is 0 Å². The van der Waals surface area contributed by atoms with Crippen molar-refractivity contribution in [3.05, 3.63) is 59.4 Å². The van der Waals surface area contributed by atoms with E-state index in [1.54, 1.807) is 6.20 Å². The van der Waals surface area contributed by atoms with Gasteiger partial charge in [0.2, 0.25) is 0 Å². The summed E-state index contributed by atoms with van der Waals surface area (Å²) in [5, 5.41) is 6.55. The fraction of sp³-hybridized carbons (Fsp3) is 0.429. The van der Waals surface area contributed by atoms with Crippen molar-refractivity contribution in [3.63, 3.8) is 0 Å². The fourth-order valence-electron chi connectivity index (χ4n) is 3.39. The average Bonchev–Trinajstić information content (AvgIpc) is 2.90. The van der Waals surface area contributed by atoms with Crippen LogP contribution in [0.1, 0.15) is 60.0 Å². The van der Waals surface area contributed by atoms with Gasteiger partial charge in [-0.05, 0) is 37.0 Å². The molecule has 4 heteroatoms. The summed E-state index contributed by atoms with van der Waals surface area (Å²) >= 11 is 0. The van der Waals surface area contributed by atoms with E-state index in [1.807, 2.05) is 30.5 Å². The molecule has 1 aliphatic rings. The second-order valence-electron chi connectivity index (χ2n) is 6.90. The number of carbonyl (C=O) groups is 1. The number of hydrogen-bond donors (Lipinski definition) is 2. The summed E-state index contributed by atoms with van der Waals surface area (Å²) < 4.78 is 0. The monoisotopic (exact) mass is 337 g/mol. The third-order valence-electron chi connectivity index (χ3n) is 4.93. The van der Waals surface area contributed by atoms with Crippen LogP contribution < -0.4 is 10.6 Å². The Hall–Kier alpha value is -2.36. The molecule has 1 heterocycles. The van der Waals surface area contributed by atoms with Gasteiger partial charge < -0.3 is 10.6 Å². The van der Waals surface area contributed by atoms with E-state index in [4.69, 9.17) is 0 Å². The lowest BCUT2D eigenvalue weighted by molar-refractivity contribution is 0.0950. The van der Waals surface area contributed by atoms with Crippen LogP contribution >= 0.6 is 0 Å². The van der Waals surface area contributed by atoms with Crippen LogP contribution in [0, 0.1) is 6.92 Å². The number of benzene rings is 1. The van der Waals surface area contributed by atoms with Gasteiger partial charge in [-0.1, -0.05) is 49.9 Å². The standard InChI is InChI=1S/C21H27N3O/c1-16-8-6-7-9-17(16)14-23-21(25)18-12-20(15-22-13-18)24-19-10-4-2-3-5-11-19/h6-9,12-13,15,19,24H,2-5,10-11,14H2,1H3,(H,23,25). The Morgan fingerprint density at radius 2 is 1.88 bits per heavy atom. The van der Waals surface area contributed by atoms with Crippen molar-refractivity contribution in [1.29, 1.82) is 0 Å². The molecule has 0 spiro atoms. The molecule has 1 aliphatic carbocycles. The number of hydrogen-bond acceptors (Lipinski definition) is 3.